The SMILES string of the molecule is Cn1nnnc1CC(=O)Nc1ccncc1. The van der Waals surface area contributed by atoms with Gasteiger partial charge in [-0.1, -0.05) is 0 Å². The third-order valence-electron chi connectivity index (χ3n) is 1.99. The molecule has 0 spiro atoms. The highest BCUT2D eigenvalue weighted by Gasteiger charge is 2.08. The molecule has 2 aromatic rings. The van der Waals surface area contributed by atoms with E-state index >= 15 is 0 Å². The second-order valence-electron chi connectivity index (χ2n) is 3.18. The van der Waals surface area contributed by atoms with E-state index in [0.29, 0.717) is 11.5 Å². The van der Waals surface area contributed by atoms with Gasteiger partial charge in [0.15, 0.2) is 5.82 Å². The summed E-state index contributed by atoms with van der Waals surface area (Å²) in [6, 6.07) is 3.43. The quantitative estimate of drug-likeness (QED) is 0.770. The Bertz CT molecular complexity index is 480. The maximum absolute atomic E-state index is 11.6. The zero-order valence-corrected chi connectivity index (χ0v) is 8.66. The molecule has 0 fully saturated rings. The number of pyridine rings is 1. The Balaban J connectivity index is 1.98. The number of hydrogen-bond acceptors (Lipinski definition) is 5. The molecule has 0 aliphatic carbocycles. The molecule has 0 unspecified atom stereocenters. The number of tetrazole rings is 1. The Hall–Kier alpha value is -2.31. The molecule has 0 aromatic carbocycles. The van der Waals surface area contributed by atoms with Crippen molar-refractivity contribution in [2.24, 2.45) is 7.05 Å². The first-order valence-corrected chi connectivity index (χ1v) is 4.67. The first-order chi connectivity index (χ1) is 7.75. The van der Waals surface area contributed by atoms with E-state index in [-0.39, 0.29) is 12.3 Å². The van der Waals surface area contributed by atoms with Gasteiger partial charge in [0.2, 0.25) is 5.91 Å². The maximum atomic E-state index is 11.6. The maximum Gasteiger partial charge on any atom is 0.232 e. The molecule has 82 valence electrons. The van der Waals surface area contributed by atoms with Crippen molar-refractivity contribution in [2.45, 2.75) is 6.42 Å². The lowest BCUT2D eigenvalue weighted by Gasteiger charge is -2.03. The molecule has 0 atom stereocenters. The lowest BCUT2D eigenvalue weighted by Crippen LogP contribution is -2.17. The molecule has 16 heavy (non-hydrogen) atoms. The van der Waals surface area contributed by atoms with Gasteiger partial charge in [-0.05, 0) is 22.6 Å². The summed E-state index contributed by atoms with van der Waals surface area (Å²) in [6.45, 7) is 0. The molecule has 0 bridgehead atoms. The van der Waals surface area contributed by atoms with Gasteiger partial charge in [0.25, 0.3) is 0 Å². The highest BCUT2D eigenvalue weighted by molar-refractivity contribution is 5.91. The van der Waals surface area contributed by atoms with Crippen LogP contribution in [0.4, 0.5) is 5.69 Å². The predicted octanol–water partition coefficient (Wildman–Crippen LogP) is -0.214. The molecule has 0 saturated heterocycles. The molecule has 1 N–H and O–H groups in total. The smallest absolute Gasteiger partial charge is 0.232 e. The fraction of sp³-hybridized carbons (Fsp3) is 0.222. The number of hydrogen-bond donors (Lipinski definition) is 1. The van der Waals surface area contributed by atoms with Crippen LogP contribution in [0.3, 0.4) is 0 Å². The molecule has 7 heteroatoms. The van der Waals surface area contributed by atoms with E-state index in [1.165, 1.54) is 4.68 Å². The molecule has 2 rings (SSSR count). The number of rotatable bonds is 3. The van der Waals surface area contributed by atoms with Gasteiger partial charge in [0, 0.05) is 25.1 Å². The van der Waals surface area contributed by atoms with Crippen molar-refractivity contribution in [3.05, 3.63) is 30.4 Å². The van der Waals surface area contributed by atoms with Gasteiger partial charge in [-0.15, -0.1) is 5.10 Å². The number of amides is 1. The van der Waals surface area contributed by atoms with E-state index in [4.69, 9.17) is 0 Å². The first-order valence-electron chi connectivity index (χ1n) is 4.67. The van der Waals surface area contributed by atoms with Crippen molar-refractivity contribution in [2.75, 3.05) is 5.32 Å². The second kappa shape index (κ2) is 4.47. The van der Waals surface area contributed by atoms with Crippen molar-refractivity contribution in [1.29, 1.82) is 0 Å². The van der Waals surface area contributed by atoms with Gasteiger partial charge < -0.3 is 5.32 Å². The van der Waals surface area contributed by atoms with Gasteiger partial charge in [-0.25, -0.2) is 4.68 Å². The van der Waals surface area contributed by atoms with E-state index in [9.17, 15) is 4.79 Å². The van der Waals surface area contributed by atoms with Gasteiger partial charge in [0.1, 0.15) is 0 Å². The number of aryl methyl sites for hydroxylation is 1. The lowest BCUT2D eigenvalue weighted by atomic mass is 10.3. The van der Waals surface area contributed by atoms with Crippen LogP contribution >= 0.6 is 0 Å². The number of anilines is 1. The van der Waals surface area contributed by atoms with Gasteiger partial charge in [0.05, 0.1) is 6.42 Å². The van der Waals surface area contributed by atoms with Gasteiger partial charge in [-0.3, -0.25) is 9.78 Å². The molecule has 0 saturated carbocycles. The van der Waals surface area contributed by atoms with E-state index < -0.39 is 0 Å². The monoisotopic (exact) mass is 218 g/mol. The molecule has 0 aliphatic rings. The number of aromatic nitrogens is 5. The Kier molecular flexibility index (Phi) is 2.86. The highest BCUT2D eigenvalue weighted by atomic mass is 16.1. The van der Waals surface area contributed by atoms with Crippen LogP contribution in [0, 0.1) is 0 Å². The highest BCUT2D eigenvalue weighted by Crippen LogP contribution is 2.03. The van der Waals surface area contributed by atoms with Gasteiger partial charge in [-0.2, -0.15) is 0 Å². The van der Waals surface area contributed by atoms with Crippen LogP contribution in [0.1, 0.15) is 5.82 Å². The summed E-state index contributed by atoms with van der Waals surface area (Å²) < 4.78 is 1.46. The lowest BCUT2D eigenvalue weighted by molar-refractivity contribution is -0.115. The Morgan fingerprint density at radius 3 is 2.81 bits per heavy atom. The summed E-state index contributed by atoms with van der Waals surface area (Å²) in [5.74, 6) is 0.357. The summed E-state index contributed by atoms with van der Waals surface area (Å²) >= 11 is 0. The fourth-order valence-corrected chi connectivity index (χ4v) is 1.18. The number of nitrogens with one attached hydrogen (secondary N) is 1. The summed E-state index contributed by atoms with van der Waals surface area (Å²) in [7, 11) is 1.69. The normalized spacial score (nSPS) is 10.1. The third-order valence-corrected chi connectivity index (χ3v) is 1.99. The minimum absolute atomic E-state index is 0.145. The number of carbonyl (C=O) groups excluding carboxylic acids is 1. The second-order valence-corrected chi connectivity index (χ2v) is 3.18. The van der Waals surface area contributed by atoms with Crippen LogP contribution in [-0.4, -0.2) is 31.1 Å². The summed E-state index contributed by atoms with van der Waals surface area (Å²) in [5.41, 5.74) is 0.704. The van der Waals surface area contributed by atoms with Crippen molar-refractivity contribution in [1.82, 2.24) is 25.2 Å². The van der Waals surface area contributed by atoms with Crippen molar-refractivity contribution in [3.8, 4) is 0 Å². The molecular weight excluding hydrogens is 208 g/mol. The Labute approximate surface area is 91.5 Å². The van der Waals surface area contributed by atoms with E-state index in [0.717, 1.165) is 0 Å². The Morgan fingerprint density at radius 1 is 1.44 bits per heavy atom. The standard InChI is InChI=1S/C9H10N6O/c1-15-8(12-13-14-15)6-9(16)11-7-2-4-10-5-3-7/h2-5H,6H2,1H3,(H,10,11,16). The molecule has 2 aromatic heterocycles. The molecule has 0 aliphatic heterocycles. The molecule has 0 radical (unpaired) electrons. The predicted molar refractivity (Wildman–Crippen MR) is 55.4 cm³/mol. The van der Waals surface area contributed by atoms with Crippen LogP contribution in [0.2, 0.25) is 0 Å². The van der Waals surface area contributed by atoms with Crippen molar-refractivity contribution in [3.63, 3.8) is 0 Å². The summed E-state index contributed by atoms with van der Waals surface area (Å²) in [4.78, 5) is 15.4. The zero-order valence-electron chi connectivity index (χ0n) is 8.66. The van der Waals surface area contributed by atoms with Crippen LogP contribution in [-0.2, 0) is 18.3 Å². The Morgan fingerprint density at radius 2 is 2.19 bits per heavy atom. The van der Waals surface area contributed by atoms with E-state index in [2.05, 4.69) is 25.8 Å². The topological polar surface area (TPSA) is 85.6 Å². The third kappa shape index (κ3) is 2.38. The molecular formula is C9H10N6O. The zero-order chi connectivity index (χ0) is 11.4. The number of nitrogens with zero attached hydrogens (tertiary/aromatic N) is 5. The van der Waals surface area contributed by atoms with Crippen LogP contribution < -0.4 is 5.32 Å². The summed E-state index contributed by atoms with van der Waals surface area (Å²) in [6.07, 6.45) is 3.37. The van der Waals surface area contributed by atoms with Gasteiger partial charge >= 0.3 is 0 Å². The first kappa shape index (κ1) is 10.2. The average molecular weight is 218 g/mol. The van der Waals surface area contributed by atoms with Crippen LogP contribution in [0.25, 0.3) is 0 Å². The molecule has 1 amide bonds. The minimum Gasteiger partial charge on any atom is -0.326 e. The average Bonchev–Trinajstić information content (AvgIpc) is 2.66. The van der Waals surface area contributed by atoms with Crippen LogP contribution in [0.15, 0.2) is 24.5 Å². The van der Waals surface area contributed by atoms with E-state index in [1.807, 2.05) is 0 Å². The molecule has 7 nitrogen and oxygen atoms in total. The summed E-state index contributed by atoms with van der Waals surface area (Å²) in [5, 5.41) is 13.5. The largest absolute Gasteiger partial charge is 0.326 e. The number of carbonyl (C=O) groups is 1. The van der Waals surface area contributed by atoms with E-state index in [1.54, 1.807) is 31.6 Å². The van der Waals surface area contributed by atoms with Crippen molar-refractivity contribution >= 4 is 11.6 Å². The molecule has 2 heterocycles. The minimum atomic E-state index is -0.163. The van der Waals surface area contributed by atoms with Crippen molar-refractivity contribution < 1.29 is 4.79 Å². The fourth-order valence-electron chi connectivity index (χ4n) is 1.18. The van der Waals surface area contributed by atoms with Crippen LogP contribution in [0.5, 0.6) is 0 Å².